The first-order valence-electron chi connectivity index (χ1n) is 6.71. The largest absolute Gasteiger partial charge is 0.378 e. The summed E-state index contributed by atoms with van der Waals surface area (Å²) in [6, 6.07) is 9.31. The molecule has 114 valence electrons. The van der Waals surface area contributed by atoms with Gasteiger partial charge in [-0.3, -0.25) is 5.10 Å². The number of aromatic nitrogens is 2. The lowest BCUT2D eigenvalue weighted by molar-refractivity contribution is 0.421. The smallest absolute Gasteiger partial charge is 0.260 e. The molecule has 1 N–H and O–H groups in total. The molecule has 2 aromatic rings. The molecule has 0 unspecified atom stereocenters. The number of H-pyrrole nitrogens is 1. The fourth-order valence-electron chi connectivity index (χ4n) is 2.00. The first-order valence-corrected chi connectivity index (χ1v) is 8.15. The molecule has 1 aromatic carbocycles. The van der Waals surface area contributed by atoms with Gasteiger partial charge in [0.15, 0.2) is 5.03 Å². The van der Waals surface area contributed by atoms with E-state index < -0.39 is 10.0 Å². The third-order valence-corrected chi connectivity index (χ3v) is 5.11. The Labute approximate surface area is 125 Å². The number of sulfonamides is 1. The Kier molecular flexibility index (Phi) is 4.64. The van der Waals surface area contributed by atoms with Gasteiger partial charge in [0.2, 0.25) is 0 Å². The van der Waals surface area contributed by atoms with Crippen molar-refractivity contribution in [1.29, 1.82) is 0 Å². The minimum atomic E-state index is -3.53. The van der Waals surface area contributed by atoms with Crippen molar-refractivity contribution >= 4 is 15.7 Å². The first kappa shape index (κ1) is 15.5. The normalized spacial score (nSPS) is 11.8. The lowest BCUT2D eigenvalue weighted by Crippen LogP contribution is -2.30. The SMILES string of the molecule is CCN(Cc1ccc(N(C)C)cc1)S(=O)(=O)c1ccn[nH]1. The second-order valence-corrected chi connectivity index (χ2v) is 6.82. The van der Waals surface area contributed by atoms with Crippen LogP contribution in [-0.2, 0) is 16.6 Å². The molecule has 0 aliphatic carbocycles. The molecule has 7 heteroatoms. The van der Waals surface area contributed by atoms with Crippen molar-refractivity contribution in [2.75, 3.05) is 25.5 Å². The first-order chi connectivity index (χ1) is 9.95. The quantitative estimate of drug-likeness (QED) is 0.881. The zero-order valence-electron chi connectivity index (χ0n) is 12.4. The summed E-state index contributed by atoms with van der Waals surface area (Å²) in [7, 11) is 0.409. The van der Waals surface area contributed by atoms with Crippen molar-refractivity contribution in [1.82, 2.24) is 14.5 Å². The topological polar surface area (TPSA) is 69.3 Å². The predicted molar refractivity (Wildman–Crippen MR) is 82.6 cm³/mol. The number of hydrogen-bond donors (Lipinski definition) is 1. The highest BCUT2D eigenvalue weighted by Gasteiger charge is 2.24. The average molecular weight is 308 g/mol. The summed E-state index contributed by atoms with van der Waals surface area (Å²) in [5.74, 6) is 0. The van der Waals surface area contributed by atoms with E-state index in [1.165, 1.54) is 16.6 Å². The van der Waals surface area contributed by atoms with Gasteiger partial charge in [-0.2, -0.15) is 9.40 Å². The van der Waals surface area contributed by atoms with E-state index in [4.69, 9.17) is 0 Å². The van der Waals surface area contributed by atoms with E-state index in [1.54, 1.807) is 0 Å². The van der Waals surface area contributed by atoms with Gasteiger partial charge in [0.05, 0.1) is 6.20 Å². The molecule has 21 heavy (non-hydrogen) atoms. The third kappa shape index (κ3) is 3.43. The Bertz CT molecular complexity index is 664. The minimum Gasteiger partial charge on any atom is -0.378 e. The maximum Gasteiger partial charge on any atom is 0.260 e. The summed E-state index contributed by atoms with van der Waals surface area (Å²) in [6.07, 6.45) is 1.44. The third-order valence-electron chi connectivity index (χ3n) is 3.26. The van der Waals surface area contributed by atoms with Gasteiger partial charge < -0.3 is 4.90 Å². The number of benzene rings is 1. The minimum absolute atomic E-state index is 0.120. The van der Waals surface area contributed by atoms with Crippen LogP contribution in [0.1, 0.15) is 12.5 Å². The van der Waals surface area contributed by atoms with E-state index in [1.807, 2.05) is 50.2 Å². The Morgan fingerprint density at radius 2 is 1.81 bits per heavy atom. The fraction of sp³-hybridized carbons (Fsp3) is 0.357. The van der Waals surface area contributed by atoms with Crippen LogP contribution < -0.4 is 4.90 Å². The van der Waals surface area contributed by atoms with Crippen LogP contribution in [0.3, 0.4) is 0 Å². The van der Waals surface area contributed by atoms with Crippen molar-refractivity contribution in [2.24, 2.45) is 0 Å². The van der Waals surface area contributed by atoms with Gasteiger partial charge in [0, 0.05) is 32.9 Å². The van der Waals surface area contributed by atoms with E-state index in [0.29, 0.717) is 13.1 Å². The molecular formula is C14H20N4O2S. The molecule has 0 bridgehead atoms. The van der Waals surface area contributed by atoms with Crippen LogP contribution in [0.25, 0.3) is 0 Å². The fourth-order valence-corrected chi connectivity index (χ4v) is 3.33. The number of hydrogen-bond acceptors (Lipinski definition) is 4. The molecule has 0 aliphatic heterocycles. The van der Waals surface area contributed by atoms with Crippen molar-refractivity contribution in [3.05, 3.63) is 42.1 Å². The van der Waals surface area contributed by atoms with Gasteiger partial charge in [0.1, 0.15) is 0 Å². The summed E-state index contributed by atoms with van der Waals surface area (Å²) in [5.41, 5.74) is 2.03. The summed E-state index contributed by atoms with van der Waals surface area (Å²) in [6.45, 7) is 2.56. The number of rotatable bonds is 6. The monoisotopic (exact) mass is 308 g/mol. The van der Waals surface area contributed by atoms with Crippen LogP contribution in [0.15, 0.2) is 41.6 Å². The van der Waals surface area contributed by atoms with Gasteiger partial charge in [-0.05, 0) is 23.8 Å². The van der Waals surface area contributed by atoms with E-state index >= 15 is 0 Å². The zero-order valence-corrected chi connectivity index (χ0v) is 13.3. The second-order valence-electron chi connectivity index (χ2n) is 4.91. The molecule has 0 saturated carbocycles. The molecule has 0 spiro atoms. The van der Waals surface area contributed by atoms with E-state index in [9.17, 15) is 8.42 Å². The molecule has 0 aliphatic rings. The number of nitrogens with zero attached hydrogens (tertiary/aromatic N) is 3. The van der Waals surface area contributed by atoms with Gasteiger partial charge in [0.25, 0.3) is 10.0 Å². The van der Waals surface area contributed by atoms with Crippen molar-refractivity contribution in [3.8, 4) is 0 Å². The maximum absolute atomic E-state index is 12.5. The van der Waals surface area contributed by atoms with E-state index in [2.05, 4.69) is 10.2 Å². The van der Waals surface area contributed by atoms with Crippen molar-refractivity contribution < 1.29 is 8.42 Å². The van der Waals surface area contributed by atoms with Crippen molar-refractivity contribution in [2.45, 2.75) is 18.5 Å². The van der Waals surface area contributed by atoms with Crippen molar-refractivity contribution in [3.63, 3.8) is 0 Å². The molecule has 0 amide bonds. The van der Waals surface area contributed by atoms with Crippen LogP contribution in [0.2, 0.25) is 0 Å². The van der Waals surface area contributed by atoms with Crippen LogP contribution in [-0.4, -0.2) is 43.6 Å². The highest BCUT2D eigenvalue weighted by molar-refractivity contribution is 7.89. The molecule has 0 saturated heterocycles. The lowest BCUT2D eigenvalue weighted by Gasteiger charge is -2.20. The predicted octanol–water partition coefficient (Wildman–Crippen LogP) is 1.69. The molecule has 6 nitrogen and oxygen atoms in total. The Morgan fingerprint density at radius 1 is 1.14 bits per heavy atom. The number of aromatic amines is 1. The van der Waals surface area contributed by atoms with Crippen LogP contribution >= 0.6 is 0 Å². The average Bonchev–Trinajstić information content (AvgIpc) is 3.00. The van der Waals surface area contributed by atoms with E-state index in [0.717, 1.165) is 11.3 Å². The summed E-state index contributed by atoms with van der Waals surface area (Å²) < 4.78 is 26.3. The standard InChI is InChI=1S/C14H20N4O2S/c1-4-18(21(19,20)14-9-10-15-16-14)11-12-5-7-13(8-6-12)17(2)3/h5-10H,4,11H2,1-3H3,(H,15,16). The molecule has 1 heterocycles. The van der Waals surface area contributed by atoms with Gasteiger partial charge in [-0.25, -0.2) is 8.42 Å². The number of nitrogens with one attached hydrogen (secondary N) is 1. The second kappa shape index (κ2) is 6.28. The summed E-state index contributed by atoms with van der Waals surface area (Å²) in [4.78, 5) is 2.00. The highest BCUT2D eigenvalue weighted by Crippen LogP contribution is 2.18. The van der Waals surface area contributed by atoms with Gasteiger partial charge in [-0.1, -0.05) is 19.1 Å². The Balaban J connectivity index is 2.19. The summed E-state index contributed by atoms with van der Waals surface area (Å²) in [5, 5.41) is 6.34. The van der Waals surface area contributed by atoms with Crippen LogP contribution in [0.4, 0.5) is 5.69 Å². The molecule has 0 atom stereocenters. The molecule has 2 rings (SSSR count). The molecular weight excluding hydrogens is 288 g/mol. The summed E-state index contributed by atoms with van der Waals surface area (Å²) >= 11 is 0. The Hall–Kier alpha value is -1.86. The van der Waals surface area contributed by atoms with Crippen LogP contribution in [0, 0.1) is 0 Å². The zero-order chi connectivity index (χ0) is 15.5. The maximum atomic E-state index is 12.5. The number of anilines is 1. The van der Waals surface area contributed by atoms with Gasteiger partial charge in [-0.15, -0.1) is 0 Å². The van der Waals surface area contributed by atoms with Gasteiger partial charge >= 0.3 is 0 Å². The molecule has 0 radical (unpaired) electrons. The van der Waals surface area contributed by atoms with E-state index in [-0.39, 0.29) is 5.03 Å². The lowest BCUT2D eigenvalue weighted by atomic mass is 10.2. The molecule has 0 fully saturated rings. The van der Waals surface area contributed by atoms with Crippen LogP contribution in [0.5, 0.6) is 0 Å². The molecule has 1 aromatic heterocycles. The Morgan fingerprint density at radius 3 is 2.29 bits per heavy atom. The highest BCUT2D eigenvalue weighted by atomic mass is 32.2.